The van der Waals surface area contributed by atoms with Crippen LogP contribution in [0.25, 0.3) is 0 Å². The summed E-state index contributed by atoms with van der Waals surface area (Å²) < 4.78 is 5.49. The van der Waals surface area contributed by atoms with Crippen molar-refractivity contribution in [2.45, 2.75) is 19.4 Å². The molecule has 124 valence electrons. The second-order valence-corrected chi connectivity index (χ2v) is 6.82. The second kappa shape index (κ2) is 9.05. The zero-order valence-corrected chi connectivity index (χ0v) is 16.2. The number of thiophene rings is 1. The first-order chi connectivity index (χ1) is 10.3. The standard InChI is InChI=1S/C15H24N4OS.HI/c1-12-3-4-14(21-12)13(19-7-9-20-10-8-19)11-18-15-16-5-2-6-17-15;/h3-4,13H,2,5-11H2,1H3,(H2,16,17,18);1H. The minimum absolute atomic E-state index is 0. The molecule has 1 aromatic rings. The van der Waals surface area contributed by atoms with Gasteiger partial charge in [-0.05, 0) is 25.5 Å². The minimum Gasteiger partial charge on any atom is -0.379 e. The fraction of sp³-hybridized carbons (Fsp3) is 0.667. The van der Waals surface area contributed by atoms with E-state index in [1.54, 1.807) is 0 Å². The fourth-order valence-electron chi connectivity index (χ4n) is 2.78. The van der Waals surface area contributed by atoms with Crippen LogP contribution in [0.1, 0.15) is 22.2 Å². The highest BCUT2D eigenvalue weighted by Gasteiger charge is 2.24. The van der Waals surface area contributed by atoms with Gasteiger partial charge in [-0.25, -0.2) is 0 Å². The Bertz CT molecular complexity index is 488. The number of nitrogens with zero attached hydrogens (tertiary/aromatic N) is 2. The number of guanidine groups is 1. The summed E-state index contributed by atoms with van der Waals surface area (Å²) in [6.45, 7) is 8.69. The van der Waals surface area contributed by atoms with Gasteiger partial charge in [0.15, 0.2) is 5.96 Å². The molecule has 1 atom stereocenters. The van der Waals surface area contributed by atoms with Crippen LogP contribution in [0.3, 0.4) is 0 Å². The number of rotatable bonds is 4. The molecule has 2 N–H and O–H groups in total. The third-order valence-electron chi connectivity index (χ3n) is 3.94. The lowest BCUT2D eigenvalue weighted by Crippen LogP contribution is -2.47. The first kappa shape index (κ1) is 18.0. The number of aryl methyl sites for hydroxylation is 1. The summed E-state index contributed by atoms with van der Waals surface area (Å²) in [5.74, 6) is 0.952. The predicted octanol–water partition coefficient (Wildman–Crippen LogP) is 1.99. The minimum atomic E-state index is 0. The van der Waals surface area contributed by atoms with Crippen LogP contribution in [0.5, 0.6) is 0 Å². The van der Waals surface area contributed by atoms with Crippen molar-refractivity contribution in [3.8, 4) is 0 Å². The molecule has 3 rings (SSSR count). The Balaban J connectivity index is 0.00000176. The number of hydrogen-bond acceptors (Lipinski definition) is 6. The molecule has 0 saturated carbocycles. The monoisotopic (exact) mass is 436 g/mol. The van der Waals surface area contributed by atoms with Gasteiger partial charge in [0.1, 0.15) is 0 Å². The molecule has 0 aromatic carbocycles. The average molecular weight is 436 g/mol. The van der Waals surface area contributed by atoms with Crippen molar-refractivity contribution in [1.29, 1.82) is 0 Å². The molecule has 0 spiro atoms. The van der Waals surface area contributed by atoms with E-state index in [0.717, 1.165) is 58.3 Å². The van der Waals surface area contributed by atoms with Crippen LogP contribution in [0, 0.1) is 6.92 Å². The van der Waals surface area contributed by atoms with Gasteiger partial charge in [0.05, 0.1) is 19.3 Å². The average Bonchev–Trinajstić information content (AvgIpc) is 2.96. The molecule has 1 unspecified atom stereocenters. The van der Waals surface area contributed by atoms with Gasteiger partial charge >= 0.3 is 0 Å². The van der Waals surface area contributed by atoms with Crippen LogP contribution in [0.4, 0.5) is 0 Å². The molecule has 1 aromatic heterocycles. The Morgan fingerprint density at radius 1 is 1.41 bits per heavy atom. The highest BCUT2D eigenvalue weighted by atomic mass is 127. The van der Waals surface area contributed by atoms with E-state index in [1.807, 2.05) is 11.3 Å². The van der Waals surface area contributed by atoms with Crippen molar-refractivity contribution in [2.75, 3.05) is 45.9 Å². The van der Waals surface area contributed by atoms with Crippen molar-refractivity contribution >= 4 is 41.3 Å². The van der Waals surface area contributed by atoms with Crippen LogP contribution in [0.15, 0.2) is 17.1 Å². The maximum atomic E-state index is 5.49. The number of ether oxygens (including phenoxy) is 1. The van der Waals surface area contributed by atoms with Crippen LogP contribution in [-0.4, -0.2) is 56.8 Å². The molecule has 7 heteroatoms. The largest absolute Gasteiger partial charge is 0.379 e. The SMILES string of the molecule is Cc1ccc(C(CNC2=NCCCN2)N2CCOCC2)s1.I. The summed E-state index contributed by atoms with van der Waals surface area (Å²) in [7, 11) is 0. The van der Waals surface area contributed by atoms with Crippen molar-refractivity contribution in [3.05, 3.63) is 21.9 Å². The smallest absolute Gasteiger partial charge is 0.191 e. The second-order valence-electron chi connectivity index (χ2n) is 5.50. The maximum absolute atomic E-state index is 5.49. The van der Waals surface area contributed by atoms with Gasteiger partial charge in [0, 0.05) is 42.5 Å². The van der Waals surface area contributed by atoms with E-state index in [0.29, 0.717) is 6.04 Å². The lowest BCUT2D eigenvalue weighted by molar-refractivity contribution is 0.0177. The summed E-state index contributed by atoms with van der Waals surface area (Å²) in [5.41, 5.74) is 0. The van der Waals surface area contributed by atoms with Crippen LogP contribution < -0.4 is 10.6 Å². The Kier molecular flexibility index (Phi) is 7.39. The van der Waals surface area contributed by atoms with Gasteiger partial charge in [-0.2, -0.15) is 0 Å². The lowest BCUT2D eigenvalue weighted by atomic mass is 10.2. The molecule has 3 heterocycles. The van der Waals surface area contributed by atoms with Crippen molar-refractivity contribution in [2.24, 2.45) is 4.99 Å². The third kappa shape index (κ3) is 4.81. The molecule has 2 aliphatic rings. The highest BCUT2D eigenvalue weighted by molar-refractivity contribution is 14.0. The van der Waals surface area contributed by atoms with E-state index in [9.17, 15) is 0 Å². The predicted molar refractivity (Wildman–Crippen MR) is 103 cm³/mol. The molecule has 5 nitrogen and oxygen atoms in total. The molecule has 0 radical (unpaired) electrons. The van der Waals surface area contributed by atoms with Gasteiger partial charge < -0.3 is 15.4 Å². The number of nitrogens with one attached hydrogen (secondary N) is 2. The molecule has 1 saturated heterocycles. The van der Waals surface area contributed by atoms with Crippen LogP contribution in [0.2, 0.25) is 0 Å². The zero-order valence-electron chi connectivity index (χ0n) is 13.0. The van der Waals surface area contributed by atoms with Gasteiger partial charge in [0.25, 0.3) is 0 Å². The van der Waals surface area contributed by atoms with Crippen molar-refractivity contribution in [1.82, 2.24) is 15.5 Å². The first-order valence-electron chi connectivity index (χ1n) is 7.73. The lowest BCUT2D eigenvalue weighted by Gasteiger charge is -2.34. The normalized spacial score (nSPS) is 20.5. The van der Waals surface area contributed by atoms with E-state index in [4.69, 9.17) is 4.74 Å². The van der Waals surface area contributed by atoms with Crippen molar-refractivity contribution in [3.63, 3.8) is 0 Å². The topological polar surface area (TPSA) is 48.9 Å². The maximum Gasteiger partial charge on any atom is 0.191 e. The summed E-state index contributed by atoms with van der Waals surface area (Å²) in [6.07, 6.45) is 1.13. The molecule has 2 aliphatic heterocycles. The quantitative estimate of drug-likeness (QED) is 0.709. The summed E-state index contributed by atoms with van der Waals surface area (Å²) in [6, 6.07) is 4.88. The van der Waals surface area contributed by atoms with E-state index in [1.165, 1.54) is 9.75 Å². The van der Waals surface area contributed by atoms with E-state index in [2.05, 4.69) is 39.6 Å². The summed E-state index contributed by atoms with van der Waals surface area (Å²) in [4.78, 5) is 9.82. The Morgan fingerprint density at radius 2 is 2.23 bits per heavy atom. The fourth-order valence-corrected chi connectivity index (χ4v) is 3.79. The van der Waals surface area contributed by atoms with E-state index >= 15 is 0 Å². The Labute approximate surface area is 153 Å². The summed E-state index contributed by atoms with van der Waals surface area (Å²) >= 11 is 1.89. The summed E-state index contributed by atoms with van der Waals surface area (Å²) in [5, 5.41) is 6.82. The van der Waals surface area contributed by atoms with E-state index < -0.39 is 0 Å². The number of hydrogen-bond donors (Lipinski definition) is 2. The van der Waals surface area contributed by atoms with Gasteiger partial charge in [-0.3, -0.25) is 9.89 Å². The van der Waals surface area contributed by atoms with Gasteiger partial charge in [0.2, 0.25) is 0 Å². The number of morpholine rings is 1. The van der Waals surface area contributed by atoms with Gasteiger partial charge in [-0.1, -0.05) is 0 Å². The number of aliphatic imine (C=N–C) groups is 1. The van der Waals surface area contributed by atoms with E-state index in [-0.39, 0.29) is 24.0 Å². The first-order valence-corrected chi connectivity index (χ1v) is 8.55. The number of halogens is 1. The zero-order chi connectivity index (χ0) is 14.5. The van der Waals surface area contributed by atoms with Crippen LogP contribution in [-0.2, 0) is 4.74 Å². The molecule has 22 heavy (non-hydrogen) atoms. The Hall–Kier alpha value is -0.380. The molecule has 0 bridgehead atoms. The van der Waals surface area contributed by atoms with Crippen LogP contribution >= 0.6 is 35.3 Å². The third-order valence-corrected chi connectivity index (χ3v) is 5.04. The highest BCUT2D eigenvalue weighted by Crippen LogP contribution is 2.27. The molecule has 1 fully saturated rings. The molecular weight excluding hydrogens is 411 g/mol. The Morgan fingerprint density at radius 3 is 2.86 bits per heavy atom. The molecule has 0 aliphatic carbocycles. The van der Waals surface area contributed by atoms with Crippen molar-refractivity contribution < 1.29 is 4.74 Å². The molecular formula is C15H25IN4OS. The molecule has 0 amide bonds. The van der Waals surface area contributed by atoms with Gasteiger partial charge in [-0.15, -0.1) is 35.3 Å².